The average Bonchev–Trinajstić information content (AvgIpc) is 2.48. The van der Waals surface area contributed by atoms with Crippen LogP contribution in [0.2, 0.25) is 0 Å². The molecule has 0 aliphatic heterocycles. The third kappa shape index (κ3) is 16.2. The van der Waals surface area contributed by atoms with Crippen LogP contribution in [0.25, 0.3) is 0 Å². The van der Waals surface area contributed by atoms with Gasteiger partial charge in [0.2, 0.25) is 5.91 Å². The van der Waals surface area contributed by atoms with Gasteiger partial charge in [0.15, 0.2) is 5.25 Å². The second-order valence-corrected chi connectivity index (χ2v) is 7.62. The van der Waals surface area contributed by atoms with E-state index in [4.69, 9.17) is 15.0 Å². The highest BCUT2D eigenvalue weighted by Crippen LogP contribution is 2.11. The lowest BCUT2D eigenvalue weighted by Gasteiger charge is -2.11. The molecule has 0 aromatic heterocycles. The van der Waals surface area contributed by atoms with Gasteiger partial charge in [-0.15, -0.1) is 0 Å². The SMILES string of the molecule is CCCCCCCCCCCCOC(=O)C(CC(N)=O)S(=O)(=O)O.N.N. The molecule has 1 unspecified atom stereocenters. The summed E-state index contributed by atoms with van der Waals surface area (Å²) in [7, 11) is -4.70. The molecule has 0 radical (unpaired) electrons. The predicted octanol–water partition coefficient (Wildman–Crippen LogP) is 2.91. The third-order valence-electron chi connectivity index (χ3n) is 3.75. The van der Waals surface area contributed by atoms with Gasteiger partial charge in [-0.2, -0.15) is 8.42 Å². The fourth-order valence-electron chi connectivity index (χ4n) is 2.35. The number of esters is 1. The molecule has 10 heteroatoms. The Morgan fingerprint density at radius 1 is 0.923 bits per heavy atom. The monoisotopic (exact) mass is 399 g/mol. The summed E-state index contributed by atoms with van der Waals surface area (Å²) in [5.41, 5.74) is 4.87. The van der Waals surface area contributed by atoms with Crippen molar-refractivity contribution in [1.82, 2.24) is 12.3 Å². The van der Waals surface area contributed by atoms with Crippen LogP contribution in [-0.2, 0) is 24.4 Å². The molecule has 158 valence electrons. The summed E-state index contributed by atoms with van der Waals surface area (Å²) >= 11 is 0. The molecule has 0 rings (SSSR count). The van der Waals surface area contributed by atoms with Crippen LogP contribution >= 0.6 is 0 Å². The topological polar surface area (TPSA) is 194 Å². The van der Waals surface area contributed by atoms with Gasteiger partial charge in [-0.05, 0) is 6.42 Å². The molecule has 9 nitrogen and oxygen atoms in total. The number of primary amides is 1. The number of ether oxygens (including phenoxy) is 1. The molecule has 1 atom stereocenters. The van der Waals surface area contributed by atoms with Crippen molar-refractivity contribution in [3.05, 3.63) is 0 Å². The minimum atomic E-state index is -4.70. The van der Waals surface area contributed by atoms with Crippen LogP contribution < -0.4 is 18.0 Å². The van der Waals surface area contributed by atoms with Crippen molar-refractivity contribution in [2.24, 2.45) is 5.73 Å². The van der Waals surface area contributed by atoms with E-state index in [1.54, 1.807) is 0 Å². The largest absolute Gasteiger partial charge is 0.465 e. The van der Waals surface area contributed by atoms with E-state index in [0.717, 1.165) is 19.3 Å². The third-order valence-corrected chi connectivity index (χ3v) is 4.83. The minimum Gasteiger partial charge on any atom is -0.465 e. The van der Waals surface area contributed by atoms with Crippen molar-refractivity contribution in [1.29, 1.82) is 0 Å². The number of rotatable bonds is 15. The Morgan fingerprint density at radius 3 is 1.73 bits per heavy atom. The van der Waals surface area contributed by atoms with Crippen molar-refractivity contribution in [2.75, 3.05) is 6.61 Å². The van der Waals surface area contributed by atoms with Gasteiger partial charge in [-0.3, -0.25) is 14.1 Å². The number of nitrogens with two attached hydrogens (primary N) is 1. The Hall–Kier alpha value is -1.23. The van der Waals surface area contributed by atoms with E-state index in [-0.39, 0.29) is 18.9 Å². The summed E-state index contributed by atoms with van der Waals surface area (Å²) in [6.07, 6.45) is 10.5. The summed E-state index contributed by atoms with van der Waals surface area (Å²) in [4.78, 5) is 22.4. The first kappa shape index (κ1) is 29.5. The van der Waals surface area contributed by atoms with Gasteiger partial charge < -0.3 is 22.8 Å². The maximum Gasteiger partial charge on any atom is 0.327 e. The first-order valence-corrected chi connectivity index (χ1v) is 10.2. The molecule has 0 aromatic rings. The van der Waals surface area contributed by atoms with Crippen LogP contribution in [0.4, 0.5) is 0 Å². The Balaban J connectivity index is -0.00000264. The maximum absolute atomic E-state index is 11.6. The minimum absolute atomic E-state index is 0. The van der Waals surface area contributed by atoms with Crippen molar-refractivity contribution >= 4 is 22.0 Å². The van der Waals surface area contributed by atoms with Gasteiger partial charge in [0.1, 0.15) is 0 Å². The zero-order chi connectivity index (χ0) is 18.4. The molecule has 0 aromatic carbocycles. The Kier molecular flexibility index (Phi) is 19.5. The lowest BCUT2D eigenvalue weighted by atomic mass is 10.1. The zero-order valence-electron chi connectivity index (χ0n) is 16.0. The van der Waals surface area contributed by atoms with E-state index in [2.05, 4.69) is 6.92 Å². The van der Waals surface area contributed by atoms with Gasteiger partial charge in [0, 0.05) is 0 Å². The second kappa shape index (κ2) is 17.2. The van der Waals surface area contributed by atoms with E-state index in [9.17, 15) is 18.0 Å². The molecular formula is C16H37N3O6S. The summed E-state index contributed by atoms with van der Waals surface area (Å²) in [6.45, 7) is 2.26. The molecule has 0 bridgehead atoms. The van der Waals surface area contributed by atoms with Crippen LogP contribution in [-0.4, -0.2) is 36.7 Å². The van der Waals surface area contributed by atoms with Crippen LogP contribution in [0.5, 0.6) is 0 Å². The molecule has 9 N–H and O–H groups in total. The van der Waals surface area contributed by atoms with Crippen LogP contribution in [0.15, 0.2) is 0 Å². The summed E-state index contributed by atoms with van der Waals surface area (Å²) in [6, 6.07) is 0. The first-order chi connectivity index (χ1) is 11.3. The summed E-state index contributed by atoms with van der Waals surface area (Å²) < 4.78 is 35.9. The number of unbranched alkanes of at least 4 members (excludes halogenated alkanes) is 9. The van der Waals surface area contributed by atoms with E-state index in [0.29, 0.717) is 6.42 Å². The maximum atomic E-state index is 11.6. The second-order valence-electron chi connectivity index (χ2n) is 6.02. The Morgan fingerprint density at radius 2 is 1.35 bits per heavy atom. The van der Waals surface area contributed by atoms with Gasteiger partial charge in [0.25, 0.3) is 10.1 Å². The molecule has 0 aliphatic rings. The molecule has 0 spiro atoms. The number of carbonyl (C=O) groups is 2. The fraction of sp³-hybridized carbons (Fsp3) is 0.875. The zero-order valence-corrected chi connectivity index (χ0v) is 16.8. The van der Waals surface area contributed by atoms with Crippen molar-refractivity contribution in [2.45, 2.75) is 82.8 Å². The van der Waals surface area contributed by atoms with Crippen molar-refractivity contribution < 1.29 is 27.3 Å². The van der Waals surface area contributed by atoms with Crippen LogP contribution in [0, 0.1) is 0 Å². The van der Waals surface area contributed by atoms with Crippen LogP contribution in [0.3, 0.4) is 0 Å². The molecule has 0 saturated heterocycles. The van der Waals surface area contributed by atoms with E-state index >= 15 is 0 Å². The van der Waals surface area contributed by atoms with E-state index < -0.39 is 33.7 Å². The number of carbonyl (C=O) groups excluding carboxylic acids is 2. The van der Waals surface area contributed by atoms with E-state index in [1.165, 1.54) is 38.5 Å². The molecule has 1 amide bonds. The standard InChI is InChI=1S/C16H31NO6S.2H3N/c1-2-3-4-5-6-7-8-9-10-11-12-23-16(19)14(13-15(17)18)24(20,21)22;;/h14H,2-13H2,1H3,(H2,17,18)(H,20,21,22);2*1H3. The van der Waals surface area contributed by atoms with E-state index in [1.807, 2.05) is 0 Å². The Labute approximate surface area is 157 Å². The smallest absolute Gasteiger partial charge is 0.327 e. The number of hydrogen-bond acceptors (Lipinski definition) is 7. The highest BCUT2D eigenvalue weighted by atomic mass is 32.2. The molecule has 0 aliphatic carbocycles. The fourth-order valence-corrected chi connectivity index (χ4v) is 3.03. The highest BCUT2D eigenvalue weighted by Gasteiger charge is 2.34. The molecular weight excluding hydrogens is 362 g/mol. The van der Waals surface area contributed by atoms with Gasteiger partial charge in [0.05, 0.1) is 13.0 Å². The summed E-state index contributed by atoms with van der Waals surface area (Å²) in [5.74, 6) is -2.12. The van der Waals surface area contributed by atoms with Crippen molar-refractivity contribution in [3.63, 3.8) is 0 Å². The summed E-state index contributed by atoms with van der Waals surface area (Å²) in [5, 5.41) is -1.93. The molecule has 0 saturated carbocycles. The normalized spacial score (nSPS) is 11.8. The van der Waals surface area contributed by atoms with Crippen LogP contribution in [0.1, 0.15) is 77.6 Å². The van der Waals surface area contributed by atoms with Gasteiger partial charge in [-0.25, -0.2) is 0 Å². The average molecular weight is 400 g/mol. The molecule has 0 heterocycles. The highest BCUT2D eigenvalue weighted by molar-refractivity contribution is 7.87. The van der Waals surface area contributed by atoms with Crippen molar-refractivity contribution in [3.8, 4) is 0 Å². The number of hydrogen-bond donors (Lipinski definition) is 4. The molecule has 0 fully saturated rings. The van der Waals surface area contributed by atoms with Gasteiger partial charge >= 0.3 is 5.97 Å². The first-order valence-electron chi connectivity index (χ1n) is 8.70. The quantitative estimate of drug-likeness (QED) is 0.183. The Bertz CT molecular complexity index is 471. The molecule has 26 heavy (non-hydrogen) atoms. The van der Waals surface area contributed by atoms with Gasteiger partial charge in [-0.1, -0.05) is 64.7 Å². The number of amides is 1. The lowest BCUT2D eigenvalue weighted by molar-refractivity contribution is -0.144. The lowest BCUT2D eigenvalue weighted by Crippen LogP contribution is -2.35. The predicted molar refractivity (Wildman–Crippen MR) is 102 cm³/mol.